The monoisotopic (exact) mass is 312 g/mol. The second-order valence-electron chi connectivity index (χ2n) is 6.73. The molecule has 1 rings (SSSR count). The Hall–Kier alpha value is -2.16. The summed E-state index contributed by atoms with van der Waals surface area (Å²) in [7, 11) is 1.93. The molecule has 0 saturated heterocycles. The van der Waals surface area contributed by atoms with Crippen LogP contribution in [0.1, 0.15) is 40.2 Å². The Morgan fingerprint density at radius 3 is 2.22 bits per heavy atom. The molecule has 0 aliphatic rings. The van der Waals surface area contributed by atoms with Gasteiger partial charge in [-0.05, 0) is 49.2 Å². The molecule has 0 fully saturated rings. The standard InChI is InChI=1S/C20H28N2O/c1-8-9-16(14-21-6)19(15(2)23)22(7)18-12-10-17(11-13-18)20(3,4)5/h8-14,19H,6H2,1-5,7H3/b9-8-,16-14+. The van der Waals surface area contributed by atoms with E-state index in [0.29, 0.717) is 0 Å². The first-order valence-electron chi connectivity index (χ1n) is 7.84. The number of carbonyl (C=O) groups is 1. The maximum Gasteiger partial charge on any atom is 0.156 e. The average molecular weight is 312 g/mol. The van der Waals surface area contributed by atoms with E-state index in [4.69, 9.17) is 0 Å². The molecule has 3 heteroatoms. The summed E-state index contributed by atoms with van der Waals surface area (Å²) >= 11 is 0. The number of hydrogen-bond donors (Lipinski definition) is 0. The van der Waals surface area contributed by atoms with Gasteiger partial charge in [0.1, 0.15) is 6.04 Å². The van der Waals surface area contributed by atoms with E-state index in [1.54, 1.807) is 13.1 Å². The summed E-state index contributed by atoms with van der Waals surface area (Å²) in [6.45, 7) is 13.6. The SMILES string of the molecule is C=N/C=C(\C=C/C)C(C(C)=O)N(C)c1ccc(C(C)(C)C)cc1. The van der Waals surface area contributed by atoms with Crippen molar-refractivity contribution >= 4 is 18.2 Å². The second-order valence-corrected chi connectivity index (χ2v) is 6.73. The van der Waals surface area contributed by atoms with Crippen LogP contribution in [-0.4, -0.2) is 25.6 Å². The molecule has 1 aromatic rings. The molecule has 0 aliphatic heterocycles. The fourth-order valence-electron chi connectivity index (χ4n) is 2.58. The number of ketones is 1. The largest absolute Gasteiger partial charge is 0.361 e. The second kappa shape index (κ2) is 7.91. The lowest BCUT2D eigenvalue weighted by Crippen LogP contribution is -2.38. The highest BCUT2D eigenvalue weighted by atomic mass is 16.1. The fraction of sp³-hybridized carbons (Fsp3) is 0.400. The summed E-state index contributed by atoms with van der Waals surface area (Å²) < 4.78 is 0. The number of anilines is 1. The third-order valence-corrected chi connectivity index (χ3v) is 3.83. The topological polar surface area (TPSA) is 32.7 Å². The van der Waals surface area contributed by atoms with Crippen molar-refractivity contribution in [2.45, 2.75) is 46.1 Å². The Morgan fingerprint density at radius 2 is 1.83 bits per heavy atom. The molecule has 3 nitrogen and oxygen atoms in total. The van der Waals surface area contributed by atoms with Crippen molar-refractivity contribution in [3.8, 4) is 0 Å². The van der Waals surface area contributed by atoms with Crippen molar-refractivity contribution < 1.29 is 4.79 Å². The van der Waals surface area contributed by atoms with Crippen molar-refractivity contribution in [1.82, 2.24) is 0 Å². The first-order valence-corrected chi connectivity index (χ1v) is 7.84. The number of allylic oxidation sites excluding steroid dienone is 1. The van der Waals surface area contributed by atoms with Crippen LogP contribution in [0.5, 0.6) is 0 Å². The molecule has 23 heavy (non-hydrogen) atoms. The summed E-state index contributed by atoms with van der Waals surface area (Å²) in [5.41, 5.74) is 3.21. The number of benzene rings is 1. The van der Waals surface area contributed by atoms with Crippen molar-refractivity contribution in [3.63, 3.8) is 0 Å². The van der Waals surface area contributed by atoms with E-state index >= 15 is 0 Å². The molecule has 0 amide bonds. The lowest BCUT2D eigenvalue weighted by molar-refractivity contribution is -0.117. The summed E-state index contributed by atoms with van der Waals surface area (Å²) in [4.78, 5) is 18.0. The minimum absolute atomic E-state index is 0.0698. The van der Waals surface area contributed by atoms with E-state index in [1.807, 2.05) is 31.0 Å². The van der Waals surface area contributed by atoms with Gasteiger partial charge in [0.15, 0.2) is 5.78 Å². The first-order chi connectivity index (χ1) is 10.7. The lowest BCUT2D eigenvalue weighted by atomic mass is 9.87. The van der Waals surface area contributed by atoms with Crippen molar-refractivity contribution in [3.05, 3.63) is 53.8 Å². The van der Waals surface area contributed by atoms with Gasteiger partial charge in [0, 0.05) is 18.9 Å². The minimum atomic E-state index is -0.378. The molecule has 0 N–H and O–H groups in total. The fourth-order valence-corrected chi connectivity index (χ4v) is 2.58. The third kappa shape index (κ3) is 4.92. The van der Waals surface area contributed by atoms with Crippen LogP contribution in [0, 0.1) is 0 Å². The van der Waals surface area contributed by atoms with Gasteiger partial charge in [0.25, 0.3) is 0 Å². The summed E-state index contributed by atoms with van der Waals surface area (Å²) in [6, 6.07) is 7.98. The number of hydrogen-bond acceptors (Lipinski definition) is 3. The number of aliphatic imine (C=N–C) groups is 1. The minimum Gasteiger partial charge on any atom is -0.361 e. The Balaban J connectivity index is 3.21. The zero-order chi connectivity index (χ0) is 17.6. The highest BCUT2D eigenvalue weighted by Crippen LogP contribution is 2.26. The van der Waals surface area contributed by atoms with E-state index in [-0.39, 0.29) is 17.2 Å². The van der Waals surface area contributed by atoms with Crippen LogP contribution < -0.4 is 4.90 Å². The van der Waals surface area contributed by atoms with E-state index in [1.165, 1.54) is 5.56 Å². The predicted octanol–water partition coefficient (Wildman–Crippen LogP) is 4.54. The molecular formula is C20H28N2O. The normalized spacial score (nSPS) is 13.9. The van der Waals surface area contributed by atoms with Gasteiger partial charge in [-0.2, -0.15) is 0 Å². The molecule has 1 atom stereocenters. The van der Waals surface area contributed by atoms with Gasteiger partial charge in [-0.15, -0.1) is 0 Å². The summed E-state index contributed by atoms with van der Waals surface area (Å²) in [5, 5.41) is 0. The van der Waals surface area contributed by atoms with Gasteiger partial charge in [0.2, 0.25) is 0 Å². The van der Waals surface area contributed by atoms with Crippen molar-refractivity contribution in [1.29, 1.82) is 0 Å². The van der Waals surface area contributed by atoms with Crippen molar-refractivity contribution in [2.24, 2.45) is 4.99 Å². The molecule has 0 aromatic heterocycles. The van der Waals surface area contributed by atoms with Crippen LogP contribution >= 0.6 is 0 Å². The highest BCUT2D eigenvalue weighted by molar-refractivity contribution is 5.89. The predicted molar refractivity (Wildman–Crippen MR) is 100 cm³/mol. The molecular weight excluding hydrogens is 284 g/mol. The van der Waals surface area contributed by atoms with Crippen LogP contribution in [-0.2, 0) is 10.2 Å². The van der Waals surface area contributed by atoms with Crippen LogP contribution in [0.15, 0.2) is 53.2 Å². The van der Waals surface area contributed by atoms with E-state index in [0.717, 1.165) is 11.3 Å². The van der Waals surface area contributed by atoms with Crippen LogP contribution in [0.4, 0.5) is 5.69 Å². The third-order valence-electron chi connectivity index (χ3n) is 3.83. The van der Waals surface area contributed by atoms with Crippen LogP contribution in [0.2, 0.25) is 0 Å². The highest BCUT2D eigenvalue weighted by Gasteiger charge is 2.23. The quantitative estimate of drug-likeness (QED) is 0.570. The van der Waals surface area contributed by atoms with Gasteiger partial charge in [-0.1, -0.05) is 45.1 Å². The van der Waals surface area contributed by atoms with E-state index in [2.05, 4.69) is 56.7 Å². The molecule has 0 aliphatic carbocycles. The lowest BCUT2D eigenvalue weighted by Gasteiger charge is -2.29. The van der Waals surface area contributed by atoms with E-state index in [9.17, 15) is 4.79 Å². The summed E-state index contributed by atoms with van der Waals surface area (Å²) in [6.07, 6.45) is 5.45. The molecule has 1 aromatic carbocycles. The molecule has 0 heterocycles. The van der Waals surface area contributed by atoms with Gasteiger partial charge >= 0.3 is 0 Å². The Labute approximate surface area is 140 Å². The first kappa shape index (κ1) is 18.9. The maximum absolute atomic E-state index is 12.2. The number of Topliss-reactive ketones (excluding diaryl/α,β-unsaturated/α-hetero) is 1. The van der Waals surface area contributed by atoms with Gasteiger partial charge in [-0.3, -0.25) is 9.79 Å². The number of carbonyl (C=O) groups excluding carboxylic acids is 1. The Bertz CT molecular complexity index is 604. The van der Waals surface area contributed by atoms with Crippen molar-refractivity contribution in [2.75, 3.05) is 11.9 Å². The molecule has 1 unspecified atom stereocenters. The number of likely N-dealkylation sites (N-methyl/N-ethyl adjacent to an activating group) is 1. The zero-order valence-corrected chi connectivity index (χ0v) is 15.1. The number of nitrogens with zero attached hydrogens (tertiary/aromatic N) is 2. The van der Waals surface area contributed by atoms with Crippen LogP contribution in [0.3, 0.4) is 0 Å². The van der Waals surface area contributed by atoms with Gasteiger partial charge in [0.05, 0.1) is 0 Å². The number of rotatable bonds is 6. The smallest absolute Gasteiger partial charge is 0.156 e. The molecule has 124 valence electrons. The molecule has 0 bridgehead atoms. The zero-order valence-electron chi connectivity index (χ0n) is 15.1. The van der Waals surface area contributed by atoms with Crippen LogP contribution in [0.25, 0.3) is 0 Å². The Kier molecular flexibility index (Phi) is 6.49. The molecule has 0 spiro atoms. The van der Waals surface area contributed by atoms with Gasteiger partial charge < -0.3 is 4.90 Å². The molecule has 0 saturated carbocycles. The average Bonchev–Trinajstić information content (AvgIpc) is 2.46. The van der Waals surface area contributed by atoms with E-state index < -0.39 is 0 Å². The van der Waals surface area contributed by atoms with Gasteiger partial charge in [-0.25, -0.2) is 0 Å². The molecule has 0 radical (unpaired) electrons. The maximum atomic E-state index is 12.2. The summed E-state index contributed by atoms with van der Waals surface area (Å²) in [5.74, 6) is 0.0698. The Morgan fingerprint density at radius 1 is 1.26 bits per heavy atom.